The van der Waals surface area contributed by atoms with Crippen molar-refractivity contribution in [1.82, 2.24) is 14.8 Å². The number of aryl methyl sites for hydroxylation is 1. The standard InChI is InChI=1S/C16H19N3O/c1-11(2)19-16(17-10-18-19)9-15(20)14-8-7-12-5-3-4-6-13(12)14/h3-6,10-11,14H,7-9H2,1-2H3. The van der Waals surface area contributed by atoms with Gasteiger partial charge in [-0.2, -0.15) is 5.10 Å². The zero-order valence-corrected chi connectivity index (χ0v) is 11.9. The second-order valence-electron chi connectivity index (χ2n) is 5.65. The zero-order chi connectivity index (χ0) is 14.1. The lowest BCUT2D eigenvalue weighted by molar-refractivity contribution is -0.120. The second-order valence-corrected chi connectivity index (χ2v) is 5.65. The van der Waals surface area contributed by atoms with Gasteiger partial charge in [-0.15, -0.1) is 0 Å². The summed E-state index contributed by atoms with van der Waals surface area (Å²) in [6.45, 7) is 4.10. The average molecular weight is 269 g/mol. The Morgan fingerprint density at radius 3 is 3.00 bits per heavy atom. The molecule has 1 atom stereocenters. The van der Waals surface area contributed by atoms with Crippen molar-refractivity contribution in [2.24, 2.45) is 0 Å². The summed E-state index contributed by atoms with van der Waals surface area (Å²) in [6, 6.07) is 8.50. The van der Waals surface area contributed by atoms with Gasteiger partial charge in [0.2, 0.25) is 0 Å². The topological polar surface area (TPSA) is 47.8 Å². The van der Waals surface area contributed by atoms with Crippen molar-refractivity contribution < 1.29 is 4.79 Å². The number of hydrogen-bond acceptors (Lipinski definition) is 3. The zero-order valence-electron chi connectivity index (χ0n) is 11.9. The molecule has 1 heterocycles. The van der Waals surface area contributed by atoms with E-state index in [1.807, 2.05) is 30.7 Å². The maximum absolute atomic E-state index is 12.6. The molecule has 1 aromatic heterocycles. The smallest absolute Gasteiger partial charge is 0.147 e. The van der Waals surface area contributed by atoms with Crippen LogP contribution >= 0.6 is 0 Å². The summed E-state index contributed by atoms with van der Waals surface area (Å²) < 4.78 is 1.83. The monoisotopic (exact) mass is 269 g/mol. The van der Waals surface area contributed by atoms with Gasteiger partial charge in [-0.1, -0.05) is 24.3 Å². The Morgan fingerprint density at radius 1 is 1.40 bits per heavy atom. The van der Waals surface area contributed by atoms with Gasteiger partial charge in [0, 0.05) is 12.0 Å². The SMILES string of the molecule is CC(C)n1ncnc1CC(=O)C1CCc2ccccc21. The van der Waals surface area contributed by atoms with E-state index in [1.165, 1.54) is 17.5 Å². The van der Waals surface area contributed by atoms with Crippen LogP contribution in [0.25, 0.3) is 0 Å². The van der Waals surface area contributed by atoms with Gasteiger partial charge < -0.3 is 0 Å². The minimum absolute atomic E-state index is 0.0310. The first-order valence-electron chi connectivity index (χ1n) is 7.15. The third-order valence-corrected chi connectivity index (χ3v) is 3.99. The molecule has 20 heavy (non-hydrogen) atoms. The van der Waals surface area contributed by atoms with Crippen molar-refractivity contribution in [1.29, 1.82) is 0 Å². The van der Waals surface area contributed by atoms with Crippen LogP contribution in [0.4, 0.5) is 0 Å². The van der Waals surface area contributed by atoms with Crippen molar-refractivity contribution in [3.63, 3.8) is 0 Å². The Morgan fingerprint density at radius 2 is 2.20 bits per heavy atom. The number of rotatable bonds is 4. The third kappa shape index (κ3) is 2.26. The molecule has 0 bridgehead atoms. The van der Waals surface area contributed by atoms with Crippen LogP contribution in [0.15, 0.2) is 30.6 Å². The van der Waals surface area contributed by atoms with Crippen molar-refractivity contribution in [2.75, 3.05) is 0 Å². The van der Waals surface area contributed by atoms with Gasteiger partial charge in [-0.25, -0.2) is 9.67 Å². The molecule has 0 aliphatic heterocycles. The van der Waals surface area contributed by atoms with E-state index in [1.54, 1.807) is 0 Å². The molecule has 4 heteroatoms. The molecule has 0 amide bonds. The van der Waals surface area contributed by atoms with E-state index in [0.717, 1.165) is 18.7 Å². The van der Waals surface area contributed by atoms with Crippen LogP contribution in [-0.2, 0) is 17.6 Å². The molecule has 1 unspecified atom stereocenters. The Labute approximate surface area is 118 Å². The van der Waals surface area contributed by atoms with Gasteiger partial charge in [0.05, 0.1) is 6.42 Å². The van der Waals surface area contributed by atoms with Gasteiger partial charge in [-0.05, 0) is 37.8 Å². The highest BCUT2D eigenvalue weighted by Crippen LogP contribution is 2.34. The maximum Gasteiger partial charge on any atom is 0.147 e. The van der Waals surface area contributed by atoms with E-state index in [4.69, 9.17) is 0 Å². The molecule has 0 radical (unpaired) electrons. The molecule has 2 aromatic rings. The lowest BCUT2D eigenvalue weighted by atomic mass is 9.94. The Kier molecular flexibility index (Phi) is 3.38. The molecule has 0 N–H and O–H groups in total. The number of carbonyl (C=O) groups is 1. The quantitative estimate of drug-likeness (QED) is 0.857. The maximum atomic E-state index is 12.6. The molecule has 0 saturated heterocycles. The van der Waals surface area contributed by atoms with Crippen LogP contribution in [0.5, 0.6) is 0 Å². The van der Waals surface area contributed by atoms with Crippen molar-refractivity contribution in [3.8, 4) is 0 Å². The lowest BCUT2D eigenvalue weighted by Crippen LogP contribution is -2.17. The molecule has 1 aliphatic rings. The van der Waals surface area contributed by atoms with E-state index >= 15 is 0 Å². The lowest BCUT2D eigenvalue weighted by Gasteiger charge is -2.12. The largest absolute Gasteiger partial charge is 0.299 e. The highest BCUT2D eigenvalue weighted by Gasteiger charge is 2.29. The van der Waals surface area contributed by atoms with Crippen molar-refractivity contribution >= 4 is 5.78 Å². The number of ketones is 1. The van der Waals surface area contributed by atoms with E-state index in [2.05, 4.69) is 22.2 Å². The fraction of sp³-hybridized carbons (Fsp3) is 0.438. The molecule has 0 fully saturated rings. The minimum Gasteiger partial charge on any atom is -0.299 e. The van der Waals surface area contributed by atoms with Crippen LogP contribution in [0.1, 0.15) is 49.2 Å². The number of carbonyl (C=O) groups excluding carboxylic acids is 1. The van der Waals surface area contributed by atoms with Gasteiger partial charge in [0.1, 0.15) is 17.9 Å². The molecule has 104 valence electrons. The molecule has 4 nitrogen and oxygen atoms in total. The first kappa shape index (κ1) is 13.0. The summed E-state index contributed by atoms with van der Waals surface area (Å²) in [5.74, 6) is 1.06. The van der Waals surface area contributed by atoms with E-state index < -0.39 is 0 Å². The highest BCUT2D eigenvalue weighted by atomic mass is 16.1. The first-order chi connectivity index (χ1) is 9.66. The number of nitrogens with zero attached hydrogens (tertiary/aromatic N) is 3. The molecule has 0 spiro atoms. The van der Waals surface area contributed by atoms with Crippen LogP contribution in [0.3, 0.4) is 0 Å². The van der Waals surface area contributed by atoms with Gasteiger partial charge in [-0.3, -0.25) is 4.79 Å². The Balaban J connectivity index is 1.80. The highest BCUT2D eigenvalue weighted by molar-refractivity contribution is 5.88. The molecule has 1 aliphatic carbocycles. The molecule has 3 rings (SSSR count). The summed E-state index contributed by atoms with van der Waals surface area (Å²) >= 11 is 0. The normalized spacial score (nSPS) is 17.4. The molecule has 1 aromatic carbocycles. The number of benzene rings is 1. The summed E-state index contributed by atoms with van der Waals surface area (Å²) in [5.41, 5.74) is 2.52. The third-order valence-electron chi connectivity index (χ3n) is 3.99. The second kappa shape index (κ2) is 5.19. The number of hydrogen-bond donors (Lipinski definition) is 0. The molecular formula is C16H19N3O. The minimum atomic E-state index is 0.0310. The van der Waals surface area contributed by atoms with Crippen LogP contribution < -0.4 is 0 Å². The first-order valence-corrected chi connectivity index (χ1v) is 7.15. The number of Topliss-reactive ketones (excluding diaryl/α,β-unsaturated/α-hetero) is 1. The van der Waals surface area contributed by atoms with Crippen LogP contribution in [0, 0.1) is 0 Å². The van der Waals surface area contributed by atoms with Crippen LogP contribution in [-0.4, -0.2) is 20.5 Å². The summed E-state index contributed by atoms with van der Waals surface area (Å²) in [4.78, 5) is 16.8. The Bertz CT molecular complexity index is 630. The van der Waals surface area contributed by atoms with Gasteiger partial charge >= 0.3 is 0 Å². The van der Waals surface area contributed by atoms with E-state index in [0.29, 0.717) is 6.42 Å². The van der Waals surface area contributed by atoms with Gasteiger partial charge in [0.15, 0.2) is 0 Å². The fourth-order valence-corrected chi connectivity index (χ4v) is 3.00. The fourth-order valence-electron chi connectivity index (χ4n) is 3.00. The predicted molar refractivity (Wildman–Crippen MR) is 76.6 cm³/mol. The van der Waals surface area contributed by atoms with Crippen molar-refractivity contribution in [3.05, 3.63) is 47.5 Å². The van der Waals surface area contributed by atoms with E-state index in [-0.39, 0.29) is 17.7 Å². The van der Waals surface area contributed by atoms with Crippen LogP contribution in [0.2, 0.25) is 0 Å². The average Bonchev–Trinajstić information content (AvgIpc) is 3.04. The Hall–Kier alpha value is -1.97. The van der Waals surface area contributed by atoms with E-state index in [9.17, 15) is 4.79 Å². The molecular weight excluding hydrogens is 250 g/mol. The van der Waals surface area contributed by atoms with Crippen molar-refractivity contribution in [2.45, 2.75) is 45.1 Å². The predicted octanol–water partition coefficient (Wildman–Crippen LogP) is 2.70. The summed E-state index contributed by atoms with van der Waals surface area (Å²) in [5, 5.41) is 4.19. The molecule has 0 saturated carbocycles. The summed E-state index contributed by atoms with van der Waals surface area (Å²) in [7, 11) is 0. The summed E-state index contributed by atoms with van der Waals surface area (Å²) in [6.07, 6.45) is 3.83. The number of aromatic nitrogens is 3. The number of fused-ring (bicyclic) bond motifs is 1. The van der Waals surface area contributed by atoms with Gasteiger partial charge in [0.25, 0.3) is 0 Å².